The average molecular weight is 230 g/mol. The van der Waals surface area contributed by atoms with Gasteiger partial charge in [-0.1, -0.05) is 11.6 Å². The maximum Gasteiger partial charge on any atom is 0.0545 e. The van der Waals surface area contributed by atoms with E-state index < -0.39 is 0 Å². The number of thiophene rings is 1. The van der Waals surface area contributed by atoms with Gasteiger partial charge in [-0.2, -0.15) is 0 Å². The van der Waals surface area contributed by atoms with E-state index in [1.807, 2.05) is 6.07 Å². The van der Waals surface area contributed by atoms with Crippen LogP contribution in [0.1, 0.15) is 24.1 Å². The van der Waals surface area contributed by atoms with Crippen LogP contribution in [0.15, 0.2) is 11.4 Å². The third-order valence-corrected chi connectivity index (χ3v) is 4.52. The summed E-state index contributed by atoms with van der Waals surface area (Å²) in [6.07, 6.45) is 5.16. The van der Waals surface area contributed by atoms with E-state index >= 15 is 0 Å². The third-order valence-electron chi connectivity index (χ3n) is 3.11. The first-order valence-corrected chi connectivity index (χ1v) is 6.44. The van der Waals surface area contributed by atoms with E-state index in [0.29, 0.717) is 0 Å². The van der Waals surface area contributed by atoms with Gasteiger partial charge < -0.3 is 5.32 Å². The number of hydrogen-bond acceptors (Lipinski definition) is 2. The smallest absolute Gasteiger partial charge is 0.0545 e. The van der Waals surface area contributed by atoms with Crippen molar-refractivity contribution in [2.75, 3.05) is 7.05 Å². The molecule has 2 atom stereocenters. The van der Waals surface area contributed by atoms with Crippen molar-refractivity contribution in [2.45, 2.75) is 31.7 Å². The molecule has 2 unspecified atom stereocenters. The first-order valence-electron chi connectivity index (χ1n) is 5.18. The van der Waals surface area contributed by atoms with Crippen LogP contribution in [0.5, 0.6) is 0 Å². The summed E-state index contributed by atoms with van der Waals surface area (Å²) >= 11 is 7.88. The van der Waals surface area contributed by atoms with E-state index in [2.05, 4.69) is 17.7 Å². The number of hydrogen-bond donors (Lipinski definition) is 1. The molecule has 78 valence electrons. The molecule has 1 aromatic heterocycles. The number of halogens is 1. The lowest BCUT2D eigenvalue weighted by atomic mass is 10.0. The second kappa shape index (κ2) is 4.65. The van der Waals surface area contributed by atoms with Crippen molar-refractivity contribution >= 4 is 22.9 Å². The topological polar surface area (TPSA) is 12.0 Å². The van der Waals surface area contributed by atoms with Gasteiger partial charge in [0.1, 0.15) is 0 Å². The molecule has 14 heavy (non-hydrogen) atoms. The Morgan fingerprint density at radius 1 is 1.57 bits per heavy atom. The Kier molecular flexibility index (Phi) is 3.47. The lowest BCUT2D eigenvalue weighted by Crippen LogP contribution is -2.21. The maximum absolute atomic E-state index is 6.08. The standard InChI is InChI=1S/C11H16ClNS/c1-13-9-3-2-8(6-9)7-11-10(12)4-5-14-11/h4-5,8-9,13H,2-3,6-7H2,1H3. The number of nitrogens with one attached hydrogen (secondary N) is 1. The van der Waals surface area contributed by atoms with Gasteiger partial charge in [-0.3, -0.25) is 0 Å². The molecule has 0 aliphatic heterocycles. The Bertz CT molecular complexity index is 297. The molecular formula is C11H16ClNS. The molecule has 0 bridgehead atoms. The first kappa shape index (κ1) is 10.5. The summed E-state index contributed by atoms with van der Waals surface area (Å²) in [4.78, 5) is 1.37. The van der Waals surface area contributed by atoms with Crippen LogP contribution >= 0.6 is 22.9 Å². The van der Waals surface area contributed by atoms with Crippen LogP contribution in [0.25, 0.3) is 0 Å². The van der Waals surface area contributed by atoms with Gasteiger partial charge in [-0.15, -0.1) is 11.3 Å². The predicted molar refractivity (Wildman–Crippen MR) is 63.2 cm³/mol. The van der Waals surface area contributed by atoms with E-state index in [0.717, 1.165) is 17.0 Å². The first-order chi connectivity index (χ1) is 6.79. The van der Waals surface area contributed by atoms with E-state index in [1.54, 1.807) is 11.3 Å². The van der Waals surface area contributed by atoms with Crippen LogP contribution in [0, 0.1) is 5.92 Å². The van der Waals surface area contributed by atoms with Crippen molar-refractivity contribution in [1.82, 2.24) is 5.32 Å². The van der Waals surface area contributed by atoms with Gasteiger partial charge in [-0.25, -0.2) is 0 Å². The summed E-state index contributed by atoms with van der Waals surface area (Å²) in [5, 5.41) is 6.41. The van der Waals surface area contributed by atoms with E-state index in [4.69, 9.17) is 11.6 Å². The van der Waals surface area contributed by atoms with E-state index in [1.165, 1.54) is 30.6 Å². The normalized spacial score (nSPS) is 27.0. The van der Waals surface area contributed by atoms with Gasteiger partial charge in [-0.05, 0) is 50.1 Å². The second-order valence-electron chi connectivity index (χ2n) is 4.06. The Balaban J connectivity index is 1.90. The van der Waals surface area contributed by atoms with E-state index in [-0.39, 0.29) is 0 Å². The minimum Gasteiger partial charge on any atom is -0.317 e. The van der Waals surface area contributed by atoms with Gasteiger partial charge in [0.05, 0.1) is 5.02 Å². The van der Waals surface area contributed by atoms with Crippen molar-refractivity contribution in [1.29, 1.82) is 0 Å². The van der Waals surface area contributed by atoms with Crippen LogP contribution in [0.2, 0.25) is 5.02 Å². The van der Waals surface area contributed by atoms with Crippen molar-refractivity contribution in [3.8, 4) is 0 Å². The molecule has 1 aliphatic carbocycles. The Hall–Kier alpha value is -0.0500. The molecule has 1 saturated carbocycles. The SMILES string of the molecule is CNC1CCC(Cc2sccc2Cl)C1. The molecule has 0 radical (unpaired) electrons. The lowest BCUT2D eigenvalue weighted by molar-refractivity contribution is 0.513. The highest BCUT2D eigenvalue weighted by Gasteiger charge is 2.24. The molecule has 0 saturated heterocycles. The summed E-state index contributed by atoms with van der Waals surface area (Å²) in [6, 6.07) is 2.74. The zero-order valence-corrected chi connectivity index (χ0v) is 10.00. The molecule has 1 heterocycles. The van der Waals surface area contributed by atoms with Gasteiger partial charge in [0.25, 0.3) is 0 Å². The fourth-order valence-corrected chi connectivity index (χ4v) is 3.48. The lowest BCUT2D eigenvalue weighted by Gasteiger charge is -2.09. The van der Waals surface area contributed by atoms with Gasteiger partial charge in [0, 0.05) is 10.9 Å². The molecule has 1 N–H and O–H groups in total. The monoisotopic (exact) mass is 229 g/mol. The minimum atomic E-state index is 0.735. The average Bonchev–Trinajstić information content (AvgIpc) is 2.77. The molecule has 0 amide bonds. The summed E-state index contributed by atoms with van der Waals surface area (Å²) in [5.74, 6) is 0.837. The quantitative estimate of drug-likeness (QED) is 0.839. The minimum absolute atomic E-state index is 0.735. The fourth-order valence-electron chi connectivity index (χ4n) is 2.26. The molecule has 0 spiro atoms. The fraction of sp³-hybridized carbons (Fsp3) is 0.636. The summed E-state index contributed by atoms with van der Waals surface area (Å²) in [6.45, 7) is 0. The zero-order chi connectivity index (χ0) is 9.97. The molecular weight excluding hydrogens is 214 g/mol. The van der Waals surface area contributed by atoms with Crippen LogP contribution in [-0.2, 0) is 6.42 Å². The van der Waals surface area contributed by atoms with Crippen LogP contribution < -0.4 is 5.32 Å². The maximum atomic E-state index is 6.08. The number of rotatable bonds is 3. The highest BCUT2D eigenvalue weighted by Crippen LogP contribution is 2.32. The Morgan fingerprint density at radius 2 is 2.43 bits per heavy atom. The summed E-state index contributed by atoms with van der Waals surface area (Å²) in [7, 11) is 2.06. The van der Waals surface area contributed by atoms with E-state index in [9.17, 15) is 0 Å². The van der Waals surface area contributed by atoms with Crippen LogP contribution in [0.4, 0.5) is 0 Å². The molecule has 3 heteroatoms. The molecule has 0 aromatic carbocycles. The third kappa shape index (κ3) is 2.30. The van der Waals surface area contributed by atoms with Crippen molar-refractivity contribution in [3.63, 3.8) is 0 Å². The van der Waals surface area contributed by atoms with Crippen LogP contribution in [0.3, 0.4) is 0 Å². The van der Waals surface area contributed by atoms with Crippen LogP contribution in [-0.4, -0.2) is 13.1 Å². The molecule has 1 fully saturated rings. The van der Waals surface area contributed by atoms with Gasteiger partial charge in [0.15, 0.2) is 0 Å². The largest absolute Gasteiger partial charge is 0.317 e. The zero-order valence-electron chi connectivity index (χ0n) is 8.42. The van der Waals surface area contributed by atoms with Gasteiger partial charge in [0.2, 0.25) is 0 Å². The van der Waals surface area contributed by atoms with Crippen molar-refractivity contribution in [2.24, 2.45) is 5.92 Å². The molecule has 2 rings (SSSR count). The summed E-state index contributed by atoms with van der Waals surface area (Å²) in [5.41, 5.74) is 0. The van der Waals surface area contributed by atoms with Crippen molar-refractivity contribution < 1.29 is 0 Å². The molecule has 1 aliphatic rings. The van der Waals surface area contributed by atoms with Crippen molar-refractivity contribution in [3.05, 3.63) is 21.3 Å². The molecule has 1 aromatic rings. The summed E-state index contributed by atoms with van der Waals surface area (Å²) < 4.78 is 0. The second-order valence-corrected chi connectivity index (χ2v) is 5.47. The Labute approximate surface area is 94.5 Å². The predicted octanol–water partition coefficient (Wildman–Crippen LogP) is 3.33. The highest BCUT2D eigenvalue weighted by atomic mass is 35.5. The van der Waals surface area contributed by atoms with Gasteiger partial charge >= 0.3 is 0 Å². The molecule has 1 nitrogen and oxygen atoms in total. The Morgan fingerprint density at radius 3 is 3.00 bits per heavy atom. The highest BCUT2D eigenvalue weighted by molar-refractivity contribution is 7.10.